The quantitative estimate of drug-likeness (QED) is 0.296. The molecule has 4 atom stereocenters. The SMILES string of the molecule is CCCC(NCC)NCC1CC1CNC(CCC)NCC12CC3CC(CC(C3)C1)C2. The average molecular weight is 419 g/mol. The van der Waals surface area contributed by atoms with Crippen LogP contribution in [0.15, 0.2) is 0 Å². The lowest BCUT2D eigenvalue weighted by atomic mass is 9.49. The van der Waals surface area contributed by atoms with E-state index >= 15 is 0 Å². The lowest BCUT2D eigenvalue weighted by Gasteiger charge is -2.57. The second-order valence-corrected chi connectivity index (χ2v) is 11.6. The van der Waals surface area contributed by atoms with Crippen LogP contribution in [0, 0.1) is 35.0 Å². The molecule has 0 aromatic rings. The maximum atomic E-state index is 4.02. The van der Waals surface area contributed by atoms with Crippen molar-refractivity contribution in [2.75, 3.05) is 26.2 Å². The molecule has 4 unspecified atom stereocenters. The standard InChI is InChI=1S/C26H50N4/c1-4-7-24(27-6-3)28-16-22-12-23(22)17-29-25(8-5-2)30-18-26-13-19-9-20(14-26)11-21(10-19)15-26/h19-25,27-30H,4-18H2,1-3H3. The molecule has 4 bridgehead atoms. The van der Waals surface area contributed by atoms with Crippen LogP contribution in [0.3, 0.4) is 0 Å². The Morgan fingerprint density at radius 3 is 1.63 bits per heavy atom. The summed E-state index contributed by atoms with van der Waals surface area (Å²) in [6.45, 7) is 11.5. The van der Waals surface area contributed by atoms with E-state index in [9.17, 15) is 0 Å². The van der Waals surface area contributed by atoms with Gasteiger partial charge < -0.3 is 21.3 Å². The molecule has 0 amide bonds. The van der Waals surface area contributed by atoms with Crippen molar-refractivity contribution >= 4 is 0 Å². The maximum absolute atomic E-state index is 4.02. The van der Waals surface area contributed by atoms with E-state index in [0.717, 1.165) is 36.1 Å². The van der Waals surface area contributed by atoms with Gasteiger partial charge in [-0.25, -0.2) is 0 Å². The molecule has 0 aromatic heterocycles. The fourth-order valence-electron chi connectivity index (χ4n) is 7.62. The molecule has 5 fully saturated rings. The molecule has 0 radical (unpaired) electrons. The van der Waals surface area contributed by atoms with Crippen molar-refractivity contribution in [3.63, 3.8) is 0 Å². The Bertz CT molecular complexity index is 480. The first-order chi connectivity index (χ1) is 14.6. The van der Waals surface area contributed by atoms with Crippen molar-refractivity contribution < 1.29 is 0 Å². The fourth-order valence-corrected chi connectivity index (χ4v) is 7.62. The van der Waals surface area contributed by atoms with E-state index in [1.807, 2.05) is 0 Å². The van der Waals surface area contributed by atoms with Crippen LogP contribution in [0.5, 0.6) is 0 Å². The molecule has 0 aliphatic heterocycles. The third-order valence-corrected chi connectivity index (χ3v) is 8.82. The highest BCUT2D eigenvalue weighted by Gasteiger charge is 2.50. The van der Waals surface area contributed by atoms with Gasteiger partial charge in [0.25, 0.3) is 0 Å². The monoisotopic (exact) mass is 418 g/mol. The fraction of sp³-hybridized carbons (Fsp3) is 1.00. The van der Waals surface area contributed by atoms with Gasteiger partial charge in [0, 0.05) is 6.54 Å². The van der Waals surface area contributed by atoms with Crippen LogP contribution in [-0.4, -0.2) is 38.5 Å². The molecule has 30 heavy (non-hydrogen) atoms. The van der Waals surface area contributed by atoms with E-state index in [2.05, 4.69) is 42.0 Å². The molecule has 0 saturated heterocycles. The van der Waals surface area contributed by atoms with Crippen molar-refractivity contribution in [1.29, 1.82) is 0 Å². The molecule has 0 heterocycles. The first-order valence-corrected chi connectivity index (χ1v) is 13.6. The van der Waals surface area contributed by atoms with E-state index in [1.54, 1.807) is 19.3 Å². The highest BCUT2D eigenvalue weighted by atomic mass is 15.1. The van der Waals surface area contributed by atoms with Crippen LogP contribution < -0.4 is 21.3 Å². The molecule has 4 nitrogen and oxygen atoms in total. The van der Waals surface area contributed by atoms with Crippen LogP contribution in [0.2, 0.25) is 0 Å². The molecule has 4 N–H and O–H groups in total. The van der Waals surface area contributed by atoms with Crippen LogP contribution >= 0.6 is 0 Å². The Hall–Kier alpha value is -0.160. The number of hydrogen-bond donors (Lipinski definition) is 4. The van der Waals surface area contributed by atoms with Gasteiger partial charge in [-0.15, -0.1) is 0 Å². The summed E-state index contributed by atoms with van der Waals surface area (Å²) in [5, 5.41) is 15.3. The predicted octanol–water partition coefficient (Wildman–Crippen LogP) is 4.47. The van der Waals surface area contributed by atoms with Gasteiger partial charge in [-0.3, -0.25) is 0 Å². The van der Waals surface area contributed by atoms with Gasteiger partial charge in [0.1, 0.15) is 0 Å². The van der Waals surface area contributed by atoms with E-state index < -0.39 is 0 Å². The highest BCUT2D eigenvalue weighted by molar-refractivity contribution is 5.02. The molecular formula is C26H50N4. The minimum Gasteiger partial charge on any atom is -0.302 e. The van der Waals surface area contributed by atoms with Crippen LogP contribution in [-0.2, 0) is 0 Å². The third-order valence-electron chi connectivity index (χ3n) is 8.82. The largest absolute Gasteiger partial charge is 0.302 e. The molecule has 5 rings (SSSR count). The van der Waals surface area contributed by atoms with Gasteiger partial charge in [-0.2, -0.15) is 0 Å². The zero-order chi connectivity index (χ0) is 21.0. The Morgan fingerprint density at radius 2 is 1.17 bits per heavy atom. The summed E-state index contributed by atoms with van der Waals surface area (Å²) in [6.07, 6.45) is 16.7. The molecule has 0 aromatic carbocycles. The molecule has 174 valence electrons. The normalized spacial score (nSPS) is 38.7. The Labute approximate surface area is 186 Å². The van der Waals surface area contributed by atoms with E-state index in [1.165, 1.54) is 71.0 Å². The number of rotatable bonds is 15. The average Bonchev–Trinajstić information content (AvgIpc) is 3.46. The van der Waals surface area contributed by atoms with Crippen molar-refractivity contribution in [2.45, 2.75) is 104 Å². The Balaban J connectivity index is 1.16. The minimum absolute atomic E-state index is 0.504. The van der Waals surface area contributed by atoms with Crippen LogP contribution in [0.1, 0.15) is 91.4 Å². The number of hydrogen-bond acceptors (Lipinski definition) is 4. The lowest BCUT2D eigenvalue weighted by Crippen LogP contribution is -2.54. The van der Waals surface area contributed by atoms with Crippen molar-refractivity contribution in [3.05, 3.63) is 0 Å². The van der Waals surface area contributed by atoms with Crippen molar-refractivity contribution in [1.82, 2.24) is 21.3 Å². The number of nitrogens with one attached hydrogen (secondary N) is 4. The van der Waals surface area contributed by atoms with Crippen molar-refractivity contribution in [2.24, 2.45) is 35.0 Å². The van der Waals surface area contributed by atoms with Gasteiger partial charge in [0.15, 0.2) is 0 Å². The maximum Gasteiger partial charge on any atom is 0.0571 e. The summed E-state index contributed by atoms with van der Waals surface area (Å²) in [7, 11) is 0. The smallest absolute Gasteiger partial charge is 0.0571 e. The van der Waals surface area contributed by atoms with Gasteiger partial charge in [-0.1, -0.05) is 33.6 Å². The zero-order valence-corrected chi connectivity index (χ0v) is 20.1. The molecule has 4 heteroatoms. The van der Waals surface area contributed by atoms with E-state index in [-0.39, 0.29) is 0 Å². The highest BCUT2D eigenvalue weighted by Crippen LogP contribution is 2.59. The van der Waals surface area contributed by atoms with Crippen molar-refractivity contribution in [3.8, 4) is 0 Å². The summed E-state index contributed by atoms with van der Waals surface area (Å²) in [5.41, 5.74) is 0.648. The van der Waals surface area contributed by atoms with Gasteiger partial charge in [0.2, 0.25) is 0 Å². The van der Waals surface area contributed by atoms with Gasteiger partial charge >= 0.3 is 0 Å². The molecule has 5 aliphatic carbocycles. The summed E-state index contributed by atoms with van der Waals surface area (Å²) in [5.74, 6) is 4.94. The predicted molar refractivity (Wildman–Crippen MR) is 127 cm³/mol. The summed E-state index contributed by atoms with van der Waals surface area (Å²) in [6, 6.07) is 0. The summed E-state index contributed by atoms with van der Waals surface area (Å²) in [4.78, 5) is 0. The first-order valence-electron chi connectivity index (χ1n) is 13.6. The molecular weight excluding hydrogens is 368 g/mol. The van der Waals surface area contributed by atoms with Gasteiger partial charge in [-0.05, 0) is 112 Å². The lowest BCUT2D eigenvalue weighted by molar-refractivity contribution is -0.0530. The Morgan fingerprint density at radius 1 is 0.667 bits per heavy atom. The van der Waals surface area contributed by atoms with Crippen LogP contribution in [0.25, 0.3) is 0 Å². The van der Waals surface area contributed by atoms with Gasteiger partial charge in [0.05, 0.1) is 12.3 Å². The summed E-state index contributed by atoms with van der Waals surface area (Å²) < 4.78 is 0. The topological polar surface area (TPSA) is 48.1 Å². The molecule has 5 aliphatic rings. The second-order valence-electron chi connectivity index (χ2n) is 11.6. The third kappa shape index (κ3) is 5.99. The van der Waals surface area contributed by atoms with E-state index in [0.29, 0.717) is 17.7 Å². The zero-order valence-electron chi connectivity index (χ0n) is 20.1. The minimum atomic E-state index is 0.504. The van der Waals surface area contributed by atoms with E-state index in [4.69, 9.17) is 0 Å². The Kier molecular flexibility index (Phi) is 8.16. The summed E-state index contributed by atoms with van der Waals surface area (Å²) >= 11 is 0. The second kappa shape index (κ2) is 10.6. The van der Waals surface area contributed by atoms with Crippen LogP contribution in [0.4, 0.5) is 0 Å². The molecule has 0 spiro atoms. The first kappa shape index (κ1) is 23.0. The molecule has 5 saturated carbocycles.